The first-order chi connectivity index (χ1) is 8.75. The van der Waals surface area contributed by atoms with E-state index in [-0.39, 0.29) is 11.9 Å². The van der Waals surface area contributed by atoms with Crippen molar-refractivity contribution in [2.45, 2.75) is 25.9 Å². The van der Waals surface area contributed by atoms with E-state index >= 15 is 0 Å². The van der Waals surface area contributed by atoms with Crippen molar-refractivity contribution in [2.75, 3.05) is 0 Å². The van der Waals surface area contributed by atoms with Crippen molar-refractivity contribution in [3.05, 3.63) is 42.7 Å². The molecular formula is C12H15N5O. The number of aromatic nitrogens is 4. The second-order valence-electron chi connectivity index (χ2n) is 3.98. The molecule has 0 unspecified atom stereocenters. The van der Waals surface area contributed by atoms with Gasteiger partial charge in [0.2, 0.25) is 5.91 Å². The van der Waals surface area contributed by atoms with Crippen molar-refractivity contribution >= 4 is 5.91 Å². The summed E-state index contributed by atoms with van der Waals surface area (Å²) >= 11 is 0. The molecule has 0 bridgehead atoms. The van der Waals surface area contributed by atoms with Crippen LogP contribution in [0, 0.1) is 0 Å². The molecule has 1 N–H and O–H groups in total. The van der Waals surface area contributed by atoms with Crippen LogP contribution in [0.2, 0.25) is 0 Å². The van der Waals surface area contributed by atoms with Crippen molar-refractivity contribution in [3.63, 3.8) is 0 Å². The first-order valence-corrected chi connectivity index (χ1v) is 5.77. The average molecular weight is 245 g/mol. The standard InChI is InChI=1S/C12H15N5O/c1-10(11-3-2-5-13-7-11)16-12(18)4-6-17-9-14-8-15-17/h2-3,5,7-10H,4,6H2,1H3,(H,16,18)/t10-/m0/s1. The summed E-state index contributed by atoms with van der Waals surface area (Å²) in [7, 11) is 0. The van der Waals surface area contributed by atoms with E-state index in [9.17, 15) is 4.79 Å². The Morgan fingerprint density at radius 3 is 3.06 bits per heavy atom. The van der Waals surface area contributed by atoms with Gasteiger partial charge in [0.25, 0.3) is 0 Å². The Labute approximate surface area is 105 Å². The number of carbonyl (C=O) groups is 1. The van der Waals surface area contributed by atoms with Gasteiger partial charge in [-0.3, -0.25) is 14.5 Å². The highest BCUT2D eigenvalue weighted by Crippen LogP contribution is 2.09. The summed E-state index contributed by atoms with van der Waals surface area (Å²) in [6, 6.07) is 3.75. The first-order valence-electron chi connectivity index (χ1n) is 5.77. The summed E-state index contributed by atoms with van der Waals surface area (Å²) in [5, 5.41) is 6.86. The molecule has 0 saturated carbocycles. The second-order valence-corrected chi connectivity index (χ2v) is 3.98. The molecule has 94 valence electrons. The molecule has 2 heterocycles. The van der Waals surface area contributed by atoms with E-state index in [2.05, 4.69) is 20.4 Å². The molecule has 0 spiro atoms. The van der Waals surface area contributed by atoms with Gasteiger partial charge in [-0.1, -0.05) is 6.07 Å². The predicted molar refractivity (Wildman–Crippen MR) is 65.4 cm³/mol. The number of amides is 1. The van der Waals surface area contributed by atoms with Crippen molar-refractivity contribution < 1.29 is 4.79 Å². The molecule has 0 aliphatic carbocycles. The van der Waals surface area contributed by atoms with Crippen LogP contribution in [-0.2, 0) is 11.3 Å². The van der Waals surface area contributed by atoms with Gasteiger partial charge in [0.15, 0.2) is 0 Å². The monoisotopic (exact) mass is 245 g/mol. The number of hydrogen-bond donors (Lipinski definition) is 1. The van der Waals surface area contributed by atoms with Crippen LogP contribution in [0.15, 0.2) is 37.2 Å². The van der Waals surface area contributed by atoms with Gasteiger partial charge in [-0.25, -0.2) is 4.98 Å². The fourth-order valence-electron chi connectivity index (χ4n) is 1.59. The smallest absolute Gasteiger partial charge is 0.222 e. The second kappa shape index (κ2) is 5.90. The Morgan fingerprint density at radius 1 is 1.50 bits per heavy atom. The lowest BCUT2D eigenvalue weighted by molar-refractivity contribution is -0.122. The molecule has 2 aromatic heterocycles. The Balaban J connectivity index is 1.80. The molecule has 0 saturated heterocycles. The third kappa shape index (κ3) is 3.38. The van der Waals surface area contributed by atoms with E-state index in [1.807, 2.05) is 19.1 Å². The fraction of sp³-hybridized carbons (Fsp3) is 0.333. The van der Waals surface area contributed by atoms with E-state index in [1.54, 1.807) is 23.4 Å². The maximum Gasteiger partial charge on any atom is 0.222 e. The van der Waals surface area contributed by atoms with Crippen molar-refractivity contribution in [1.82, 2.24) is 25.1 Å². The number of nitrogens with one attached hydrogen (secondary N) is 1. The lowest BCUT2D eigenvalue weighted by atomic mass is 10.1. The number of hydrogen-bond acceptors (Lipinski definition) is 4. The topological polar surface area (TPSA) is 72.7 Å². The highest BCUT2D eigenvalue weighted by Gasteiger charge is 2.09. The minimum Gasteiger partial charge on any atom is -0.349 e. The van der Waals surface area contributed by atoms with E-state index in [1.165, 1.54) is 6.33 Å². The molecule has 2 aromatic rings. The maximum atomic E-state index is 11.7. The van der Waals surface area contributed by atoms with Crippen LogP contribution in [0.25, 0.3) is 0 Å². The molecule has 6 heteroatoms. The summed E-state index contributed by atoms with van der Waals surface area (Å²) in [5.41, 5.74) is 0.992. The number of rotatable bonds is 5. The fourth-order valence-corrected chi connectivity index (χ4v) is 1.59. The summed E-state index contributed by atoms with van der Waals surface area (Å²) in [4.78, 5) is 19.6. The van der Waals surface area contributed by atoms with E-state index in [0.29, 0.717) is 13.0 Å². The van der Waals surface area contributed by atoms with Crippen LogP contribution in [-0.4, -0.2) is 25.7 Å². The number of nitrogens with zero attached hydrogens (tertiary/aromatic N) is 4. The normalized spacial score (nSPS) is 12.1. The lowest BCUT2D eigenvalue weighted by Gasteiger charge is -2.13. The maximum absolute atomic E-state index is 11.7. The highest BCUT2D eigenvalue weighted by molar-refractivity contribution is 5.76. The summed E-state index contributed by atoms with van der Waals surface area (Å²) in [6.45, 7) is 2.47. The quantitative estimate of drug-likeness (QED) is 0.851. The Bertz CT molecular complexity index is 482. The third-order valence-corrected chi connectivity index (χ3v) is 2.60. The minimum atomic E-state index is -0.0399. The van der Waals surface area contributed by atoms with E-state index in [4.69, 9.17) is 0 Å². The Kier molecular flexibility index (Phi) is 4.01. The van der Waals surface area contributed by atoms with E-state index in [0.717, 1.165) is 5.56 Å². The molecular weight excluding hydrogens is 230 g/mol. The predicted octanol–water partition coefficient (Wildman–Crippen LogP) is 0.941. The van der Waals surface area contributed by atoms with Gasteiger partial charge in [-0.15, -0.1) is 0 Å². The molecule has 0 aromatic carbocycles. The molecule has 0 aliphatic rings. The van der Waals surface area contributed by atoms with Gasteiger partial charge >= 0.3 is 0 Å². The van der Waals surface area contributed by atoms with Crippen LogP contribution in [0.1, 0.15) is 24.9 Å². The molecule has 18 heavy (non-hydrogen) atoms. The zero-order chi connectivity index (χ0) is 12.8. The van der Waals surface area contributed by atoms with Crippen LogP contribution in [0.3, 0.4) is 0 Å². The van der Waals surface area contributed by atoms with E-state index < -0.39 is 0 Å². The molecule has 6 nitrogen and oxygen atoms in total. The van der Waals surface area contributed by atoms with Gasteiger partial charge in [0.05, 0.1) is 12.6 Å². The third-order valence-electron chi connectivity index (χ3n) is 2.60. The van der Waals surface area contributed by atoms with Gasteiger partial charge in [-0.2, -0.15) is 5.10 Å². The average Bonchev–Trinajstić information content (AvgIpc) is 2.90. The highest BCUT2D eigenvalue weighted by atomic mass is 16.1. The lowest BCUT2D eigenvalue weighted by Crippen LogP contribution is -2.27. The molecule has 1 atom stereocenters. The molecule has 0 fully saturated rings. The zero-order valence-corrected chi connectivity index (χ0v) is 10.2. The largest absolute Gasteiger partial charge is 0.349 e. The van der Waals surface area contributed by atoms with Crippen LogP contribution < -0.4 is 5.32 Å². The summed E-state index contributed by atoms with van der Waals surface area (Å²) < 4.78 is 1.63. The van der Waals surface area contributed by atoms with Gasteiger partial charge in [0.1, 0.15) is 12.7 Å². The Morgan fingerprint density at radius 2 is 2.39 bits per heavy atom. The van der Waals surface area contributed by atoms with Crippen LogP contribution >= 0.6 is 0 Å². The number of carbonyl (C=O) groups excluding carboxylic acids is 1. The van der Waals surface area contributed by atoms with Crippen molar-refractivity contribution in [3.8, 4) is 0 Å². The first kappa shape index (κ1) is 12.2. The molecule has 0 radical (unpaired) electrons. The van der Waals surface area contributed by atoms with Gasteiger partial charge in [-0.05, 0) is 18.6 Å². The van der Waals surface area contributed by atoms with Crippen LogP contribution in [0.5, 0.6) is 0 Å². The SMILES string of the molecule is C[C@H](NC(=O)CCn1cncn1)c1cccnc1. The zero-order valence-electron chi connectivity index (χ0n) is 10.2. The van der Waals surface area contributed by atoms with Crippen molar-refractivity contribution in [2.24, 2.45) is 0 Å². The molecule has 1 amide bonds. The number of aryl methyl sites for hydroxylation is 1. The van der Waals surface area contributed by atoms with Gasteiger partial charge in [0, 0.05) is 18.8 Å². The van der Waals surface area contributed by atoms with Gasteiger partial charge < -0.3 is 5.32 Å². The Hall–Kier alpha value is -2.24. The minimum absolute atomic E-state index is 0.0122. The van der Waals surface area contributed by atoms with Crippen molar-refractivity contribution in [1.29, 1.82) is 0 Å². The molecule has 0 aliphatic heterocycles. The molecule has 2 rings (SSSR count). The number of pyridine rings is 1. The summed E-state index contributed by atoms with van der Waals surface area (Å²) in [5.74, 6) is -0.0122. The summed E-state index contributed by atoms with van der Waals surface area (Å²) in [6.07, 6.45) is 6.90. The van der Waals surface area contributed by atoms with Crippen LogP contribution in [0.4, 0.5) is 0 Å².